The standard InChI is InChI=1S/C13H20ClNO/c1-2-15-9-5-6-10-16-11-12-7-3-4-8-13(12)14/h3-4,7-8,15H,2,5-6,9-11H2,1H3. The zero-order valence-corrected chi connectivity index (χ0v) is 10.6. The van der Waals surface area contributed by atoms with Crippen LogP contribution in [0, 0.1) is 0 Å². The number of hydrogen-bond acceptors (Lipinski definition) is 2. The Balaban J connectivity index is 2.05. The molecule has 0 radical (unpaired) electrons. The molecule has 1 N–H and O–H groups in total. The van der Waals surface area contributed by atoms with Gasteiger partial charge in [0.1, 0.15) is 0 Å². The second kappa shape index (κ2) is 8.57. The summed E-state index contributed by atoms with van der Waals surface area (Å²) >= 11 is 6.02. The van der Waals surface area contributed by atoms with Gasteiger partial charge in [-0.25, -0.2) is 0 Å². The highest BCUT2D eigenvalue weighted by Gasteiger charge is 1.98. The van der Waals surface area contributed by atoms with Crippen LogP contribution in [0.1, 0.15) is 25.3 Å². The summed E-state index contributed by atoms with van der Waals surface area (Å²) in [6.07, 6.45) is 2.26. The van der Waals surface area contributed by atoms with Crippen LogP contribution in [-0.4, -0.2) is 19.7 Å². The topological polar surface area (TPSA) is 21.3 Å². The number of ether oxygens (including phenoxy) is 1. The number of nitrogens with one attached hydrogen (secondary N) is 1. The third kappa shape index (κ3) is 5.50. The van der Waals surface area contributed by atoms with Crippen LogP contribution in [0.4, 0.5) is 0 Å². The van der Waals surface area contributed by atoms with E-state index in [1.165, 1.54) is 0 Å². The van der Waals surface area contributed by atoms with Crippen molar-refractivity contribution in [3.8, 4) is 0 Å². The van der Waals surface area contributed by atoms with Crippen LogP contribution in [0.5, 0.6) is 0 Å². The van der Waals surface area contributed by atoms with E-state index in [2.05, 4.69) is 12.2 Å². The van der Waals surface area contributed by atoms with Crippen molar-refractivity contribution in [2.45, 2.75) is 26.4 Å². The van der Waals surface area contributed by atoms with Gasteiger partial charge in [0.25, 0.3) is 0 Å². The van der Waals surface area contributed by atoms with Crippen LogP contribution in [-0.2, 0) is 11.3 Å². The van der Waals surface area contributed by atoms with Crippen molar-refractivity contribution in [3.05, 3.63) is 34.9 Å². The van der Waals surface area contributed by atoms with Crippen molar-refractivity contribution >= 4 is 11.6 Å². The molecule has 1 aromatic rings. The minimum Gasteiger partial charge on any atom is -0.377 e. The van der Waals surface area contributed by atoms with Crippen molar-refractivity contribution in [1.29, 1.82) is 0 Å². The molecular formula is C13H20ClNO. The summed E-state index contributed by atoms with van der Waals surface area (Å²) in [6, 6.07) is 7.81. The molecule has 0 amide bonds. The van der Waals surface area contributed by atoms with Crippen molar-refractivity contribution < 1.29 is 4.74 Å². The van der Waals surface area contributed by atoms with Crippen LogP contribution in [0.15, 0.2) is 24.3 Å². The van der Waals surface area contributed by atoms with Gasteiger partial charge in [-0.1, -0.05) is 36.7 Å². The lowest BCUT2D eigenvalue weighted by atomic mass is 10.2. The largest absolute Gasteiger partial charge is 0.377 e. The van der Waals surface area contributed by atoms with Gasteiger partial charge in [0.05, 0.1) is 6.61 Å². The molecule has 0 atom stereocenters. The molecule has 2 nitrogen and oxygen atoms in total. The minimum atomic E-state index is 0.612. The normalized spacial score (nSPS) is 10.6. The van der Waals surface area contributed by atoms with E-state index in [-0.39, 0.29) is 0 Å². The van der Waals surface area contributed by atoms with E-state index in [1.807, 2.05) is 24.3 Å². The van der Waals surface area contributed by atoms with Crippen LogP contribution < -0.4 is 5.32 Å². The highest BCUT2D eigenvalue weighted by Crippen LogP contribution is 2.15. The van der Waals surface area contributed by atoms with E-state index in [1.54, 1.807) is 0 Å². The first-order chi connectivity index (χ1) is 7.84. The zero-order valence-electron chi connectivity index (χ0n) is 9.84. The molecule has 0 aromatic heterocycles. The fourth-order valence-electron chi connectivity index (χ4n) is 1.43. The lowest BCUT2D eigenvalue weighted by molar-refractivity contribution is 0.117. The lowest BCUT2D eigenvalue weighted by Crippen LogP contribution is -2.14. The summed E-state index contributed by atoms with van der Waals surface area (Å²) in [5.74, 6) is 0. The van der Waals surface area contributed by atoms with E-state index in [4.69, 9.17) is 16.3 Å². The molecule has 16 heavy (non-hydrogen) atoms. The maximum absolute atomic E-state index is 6.02. The first-order valence-corrected chi connectivity index (χ1v) is 6.24. The molecule has 0 aliphatic rings. The highest BCUT2D eigenvalue weighted by molar-refractivity contribution is 6.31. The number of hydrogen-bond donors (Lipinski definition) is 1. The van der Waals surface area contributed by atoms with Gasteiger partial charge in [-0.15, -0.1) is 0 Å². The van der Waals surface area contributed by atoms with Gasteiger partial charge in [0.2, 0.25) is 0 Å². The molecule has 0 fully saturated rings. The summed E-state index contributed by atoms with van der Waals surface area (Å²) in [7, 11) is 0. The molecule has 90 valence electrons. The van der Waals surface area contributed by atoms with Crippen LogP contribution in [0.2, 0.25) is 5.02 Å². The molecule has 1 aromatic carbocycles. The molecule has 0 aliphatic carbocycles. The molecule has 0 bridgehead atoms. The lowest BCUT2D eigenvalue weighted by Gasteiger charge is -2.06. The van der Waals surface area contributed by atoms with E-state index in [9.17, 15) is 0 Å². The van der Waals surface area contributed by atoms with E-state index < -0.39 is 0 Å². The fraction of sp³-hybridized carbons (Fsp3) is 0.538. The second-order valence-electron chi connectivity index (χ2n) is 3.70. The van der Waals surface area contributed by atoms with Gasteiger partial charge in [0.15, 0.2) is 0 Å². The Morgan fingerprint density at radius 3 is 2.81 bits per heavy atom. The average Bonchev–Trinajstić information content (AvgIpc) is 2.30. The first-order valence-electron chi connectivity index (χ1n) is 5.86. The summed E-state index contributed by atoms with van der Waals surface area (Å²) in [4.78, 5) is 0. The third-order valence-corrected chi connectivity index (χ3v) is 2.73. The van der Waals surface area contributed by atoms with Gasteiger partial charge in [-0.2, -0.15) is 0 Å². The Bertz CT molecular complexity index is 291. The van der Waals surface area contributed by atoms with E-state index >= 15 is 0 Å². The maximum Gasteiger partial charge on any atom is 0.0731 e. The predicted molar refractivity (Wildman–Crippen MR) is 68.9 cm³/mol. The van der Waals surface area contributed by atoms with E-state index in [0.717, 1.165) is 43.1 Å². The van der Waals surface area contributed by atoms with Crippen molar-refractivity contribution in [3.63, 3.8) is 0 Å². The van der Waals surface area contributed by atoms with Gasteiger partial charge in [-0.05, 0) is 37.6 Å². The monoisotopic (exact) mass is 241 g/mol. The molecular weight excluding hydrogens is 222 g/mol. The number of halogens is 1. The van der Waals surface area contributed by atoms with Crippen molar-refractivity contribution in [1.82, 2.24) is 5.32 Å². The Morgan fingerprint density at radius 2 is 2.06 bits per heavy atom. The molecule has 0 aliphatic heterocycles. The Hall–Kier alpha value is -0.570. The Labute approximate surface area is 103 Å². The van der Waals surface area contributed by atoms with E-state index in [0.29, 0.717) is 6.61 Å². The summed E-state index contributed by atoms with van der Waals surface area (Å²) in [6.45, 7) is 5.65. The van der Waals surface area contributed by atoms with Crippen molar-refractivity contribution in [2.75, 3.05) is 19.7 Å². The fourth-order valence-corrected chi connectivity index (χ4v) is 1.62. The molecule has 0 spiro atoms. The third-order valence-electron chi connectivity index (χ3n) is 2.36. The molecule has 3 heteroatoms. The minimum absolute atomic E-state index is 0.612. The predicted octanol–water partition coefficient (Wildman–Crippen LogP) is 3.25. The van der Waals surface area contributed by atoms with Crippen molar-refractivity contribution in [2.24, 2.45) is 0 Å². The summed E-state index contributed by atoms with van der Waals surface area (Å²) in [5.41, 5.74) is 1.07. The van der Waals surface area contributed by atoms with Crippen LogP contribution in [0.25, 0.3) is 0 Å². The van der Waals surface area contributed by atoms with Crippen LogP contribution >= 0.6 is 11.6 Å². The number of benzene rings is 1. The molecule has 0 saturated heterocycles. The summed E-state index contributed by atoms with van der Waals surface area (Å²) in [5, 5.41) is 4.08. The smallest absolute Gasteiger partial charge is 0.0731 e. The molecule has 0 saturated carbocycles. The Morgan fingerprint density at radius 1 is 1.25 bits per heavy atom. The summed E-state index contributed by atoms with van der Waals surface area (Å²) < 4.78 is 5.57. The van der Waals surface area contributed by atoms with Gasteiger partial charge in [-0.3, -0.25) is 0 Å². The van der Waals surface area contributed by atoms with Gasteiger partial charge in [0, 0.05) is 11.6 Å². The molecule has 1 rings (SSSR count). The maximum atomic E-state index is 6.02. The molecule has 0 heterocycles. The zero-order chi connectivity index (χ0) is 11.6. The SMILES string of the molecule is CCNCCCCOCc1ccccc1Cl. The number of unbranched alkanes of at least 4 members (excludes halogenated alkanes) is 1. The second-order valence-corrected chi connectivity index (χ2v) is 4.11. The van der Waals surface area contributed by atoms with Gasteiger partial charge < -0.3 is 10.1 Å². The van der Waals surface area contributed by atoms with Crippen LogP contribution in [0.3, 0.4) is 0 Å². The highest BCUT2D eigenvalue weighted by atomic mass is 35.5. The quantitative estimate of drug-likeness (QED) is 0.706. The number of rotatable bonds is 8. The Kier molecular flexibility index (Phi) is 7.23. The molecule has 0 unspecified atom stereocenters. The first kappa shape index (κ1) is 13.5. The van der Waals surface area contributed by atoms with Gasteiger partial charge >= 0.3 is 0 Å². The average molecular weight is 242 g/mol.